The van der Waals surface area contributed by atoms with Crippen molar-refractivity contribution in [2.75, 3.05) is 12.4 Å². The second-order valence-electron chi connectivity index (χ2n) is 4.77. The predicted molar refractivity (Wildman–Crippen MR) is 93.4 cm³/mol. The van der Waals surface area contributed by atoms with E-state index in [0.717, 1.165) is 0 Å². The minimum atomic E-state index is -0.527. The van der Waals surface area contributed by atoms with Crippen molar-refractivity contribution in [3.63, 3.8) is 0 Å². The highest BCUT2D eigenvalue weighted by Gasteiger charge is 2.09. The topological polar surface area (TPSA) is 79.8 Å². The number of carbonyl (C=O) groups is 2. The smallest absolute Gasteiger partial charge is 0.249 e. The Bertz CT molecular complexity index is 762. The van der Waals surface area contributed by atoms with E-state index >= 15 is 0 Å². The van der Waals surface area contributed by atoms with Crippen LogP contribution < -0.4 is 15.5 Å². The van der Waals surface area contributed by atoms with Gasteiger partial charge >= 0.3 is 0 Å². The van der Waals surface area contributed by atoms with Gasteiger partial charge in [-0.2, -0.15) is 5.10 Å². The van der Waals surface area contributed by atoms with Gasteiger partial charge in [0.15, 0.2) is 0 Å². The number of hydrogen-bond donors (Lipinski definition) is 2. The van der Waals surface area contributed by atoms with Crippen molar-refractivity contribution in [3.05, 3.63) is 59.1 Å². The molecule has 0 bridgehead atoms. The Morgan fingerprint density at radius 1 is 1.17 bits per heavy atom. The SMILES string of the molecule is COc1ccccc1C=NNC(=O)CC(=O)Nc1cccc(Cl)c1. The lowest BCUT2D eigenvalue weighted by Crippen LogP contribution is -2.24. The van der Waals surface area contributed by atoms with Crippen LogP contribution in [0.2, 0.25) is 5.02 Å². The Labute approximate surface area is 144 Å². The molecular weight excluding hydrogens is 330 g/mol. The molecule has 2 aromatic rings. The molecule has 0 saturated heterocycles. The molecule has 0 aliphatic carbocycles. The van der Waals surface area contributed by atoms with Gasteiger partial charge in [-0.1, -0.05) is 29.8 Å². The highest BCUT2D eigenvalue weighted by molar-refractivity contribution is 6.30. The number of nitrogens with zero attached hydrogens (tertiary/aromatic N) is 1. The number of hydrogen-bond acceptors (Lipinski definition) is 4. The first kappa shape index (κ1) is 17.5. The van der Waals surface area contributed by atoms with Gasteiger partial charge in [0.1, 0.15) is 12.2 Å². The first-order chi connectivity index (χ1) is 11.6. The van der Waals surface area contributed by atoms with Gasteiger partial charge in [0.25, 0.3) is 0 Å². The maximum Gasteiger partial charge on any atom is 0.249 e. The fourth-order valence-corrected chi connectivity index (χ4v) is 2.09. The zero-order valence-electron chi connectivity index (χ0n) is 13.0. The molecule has 0 atom stereocenters. The summed E-state index contributed by atoms with van der Waals surface area (Å²) in [5.74, 6) is -0.350. The molecule has 24 heavy (non-hydrogen) atoms. The molecule has 2 amide bonds. The van der Waals surface area contributed by atoms with Gasteiger partial charge in [-0.05, 0) is 30.3 Å². The Kier molecular flexibility index (Phi) is 6.33. The van der Waals surface area contributed by atoms with Crippen molar-refractivity contribution in [3.8, 4) is 5.75 Å². The van der Waals surface area contributed by atoms with Crippen LogP contribution in [0.15, 0.2) is 53.6 Å². The highest BCUT2D eigenvalue weighted by atomic mass is 35.5. The summed E-state index contributed by atoms with van der Waals surface area (Å²) in [5, 5.41) is 6.90. The third-order valence-electron chi connectivity index (χ3n) is 2.96. The van der Waals surface area contributed by atoms with E-state index in [0.29, 0.717) is 22.0 Å². The van der Waals surface area contributed by atoms with Crippen LogP contribution in [-0.4, -0.2) is 25.1 Å². The molecule has 0 aromatic heterocycles. The maximum atomic E-state index is 11.8. The first-order valence-corrected chi connectivity index (χ1v) is 7.46. The summed E-state index contributed by atoms with van der Waals surface area (Å²) in [6.45, 7) is 0. The van der Waals surface area contributed by atoms with E-state index in [4.69, 9.17) is 16.3 Å². The third kappa shape index (κ3) is 5.40. The molecule has 6 nitrogen and oxygen atoms in total. The van der Waals surface area contributed by atoms with E-state index in [9.17, 15) is 9.59 Å². The Morgan fingerprint density at radius 2 is 1.96 bits per heavy atom. The van der Waals surface area contributed by atoms with Crippen LogP contribution in [0.4, 0.5) is 5.69 Å². The number of rotatable bonds is 6. The van der Waals surface area contributed by atoms with Gasteiger partial charge in [0.05, 0.1) is 13.3 Å². The van der Waals surface area contributed by atoms with E-state index < -0.39 is 11.8 Å². The number of carbonyl (C=O) groups excluding carboxylic acids is 2. The summed E-state index contributed by atoms with van der Waals surface area (Å²) in [6.07, 6.45) is 1.10. The second-order valence-corrected chi connectivity index (χ2v) is 5.21. The van der Waals surface area contributed by atoms with Crippen LogP contribution >= 0.6 is 11.6 Å². The van der Waals surface area contributed by atoms with Crippen molar-refractivity contribution in [2.45, 2.75) is 6.42 Å². The minimum absolute atomic E-state index is 0.351. The van der Waals surface area contributed by atoms with Gasteiger partial charge in [-0.15, -0.1) is 0 Å². The van der Waals surface area contributed by atoms with Crippen molar-refractivity contribution >= 4 is 35.3 Å². The van der Waals surface area contributed by atoms with Gasteiger partial charge in [-0.3, -0.25) is 9.59 Å². The van der Waals surface area contributed by atoms with Crippen molar-refractivity contribution in [1.29, 1.82) is 0 Å². The zero-order chi connectivity index (χ0) is 17.4. The summed E-state index contributed by atoms with van der Waals surface area (Å²) < 4.78 is 5.16. The Morgan fingerprint density at radius 3 is 2.71 bits per heavy atom. The fraction of sp³-hybridized carbons (Fsp3) is 0.118. The zero-order valence-corrected chi connectivity index (χ0v) is 13.7. The predicted octanol–water partition coefficient (Wildman–Crippen LogP) is 2.83. The van der Waals surface area contributed by atoms with E-state index in [-0.39, 0.29) is 6.42 Å². The fourth-order valence-electron chi connectivity index (χ4n) is 1.90. The highest BCUT2D eigenvalue weighted by Crippen LogP contribution is 2.15. The van der Waals surface area contributed by atoms with Crippen LogP contribution in [-0.2, 0) is 9.59 Å². The number of halogens is 1. The quantitative estimate of drug-likeness (QED) is 0.480. The van der Waals surface area contributed by atoms with Gasteiger partial charge < -0.3 is 10.1 Å². The lowest BCUT2D eigenvalue weighted by Gasteiger charge is -2.05. The van der Waals surface area contributed by atoms with Crippen molar-refractivity contribution in [2.24, 2.45) is 5.10 Å². The average Bonchev–Trinajstić information content (AvgIpc) is 2.55. The number of ether oxygens (including phenoxy) is 1. The van der Waals surface area contributed by atoms with Gasteiger partial charge in [-0.25, -0.2) is 5.43 Å². The lowest BCUT2D eigenvalue weighted by atomic mass is 10.2. The van der Waals surface area contributed by atoms with Crippen LogP contribution in [0.25, 0.3) is 0 Å². The molecule has 0 spiro atoms. The normalized spacial score (nSPS) is 10.4. The molecule has 2 rings (SSSR count). The number of amides is 2. The summed E-state index contributed by atoms with van der Waals surface area (Å²) >= 11 is 5.83. The summed E-state index contributed by atoms with van der Waals surface area (Å²) in [6, 6.07) is 13.9. The molecule has 124 valence electrons. The summed E-state index contributed by atoms with van der Waals surface area (Å²) in [4.78, 5) is 23.5. The monoisotopic (exact) mass is 345 g/mol. The van der Waals surface area contributed by atoms with E-state index in [1.165, 1.54) is 6.21 Å². The van der Waals surface area contributed by atoms with Crippen LogP contribution in [0.5, 0.6) is 5.75 Å². The van der Waals surface area contributed by atoms with Gasteiger partial charge in [0, 0.05) is 16.3 Å². The molecule has 0 aliphatic rings. The Balaban J connectivity index is 1.84. The van der Waals surface area contributed by atoms with Crippen molar-refractivity contribution < 1.29 is 14.3 Å². The third-order valence-corrected chi connectivity index (χ3v) is 3.20. The molecule has 0 radical (unpaired) electrons. The minimum Gasteiger partial charge on any atom is -0.496 e. The molecule has 0 fully saturated rings. The molecular formula is C17H16ClN3O3. The molecule has 0 unspecified atom stereocenters. The molecule has 2 N–H and O–H groups in total. The largest absolute Gasteiger partial charge is 0.496 e. The molecule has 2 aromatic carbocycles. The Hall–Kier alpha value is -2.86. The molecule has 0 saturated carbocycles. The number of methoxy groups -OCH3 is 1. The molecule has 0 aliphatic heterocycles. The van der Waals surface area contributed by atoms with E-state index in [1.54, 1.807) is 43.5 Å². The van der Waals surface area contributed by atoms with Crippen LogP contribution in [0.1, 0.15) is 12.0 Å². The van der Waals surface area contributed by atoms with Crippen LogP contribution in [0, 0.1) is 0 Å². The molecule has 7 heteroatoms. The number of anilines is 1. The maximum absolute atomic E-state index is 11.8. The van der Waals surface area contributed by atoms with Crippen LogP contribution in [0.3, 0.4) is 0 Å². The standard InChI is InChI=1S/C17H16ClN3O3/c1-24-15-8-3-2-5-12(15)11-19-21-17(23)10-16(22)20-14-7-4-6-13(18)9-14/h2-9,11H,10H2,1H3,(H,20,22)(H,21,23). The number of benzene rings is 2. The van der Waals surface area contributed by atoms with Gasteiger partial charge in [0.2, 0.25) is 11.8 Å². The lowest BCUT2D eigenvalue weighted by molar-refractivity contribution is -0.126. The number of hydrazone groups is 1. The summed E-state index contributed by atoms with van der Waals surface area (Å²) in [7, 11) is 1.55. The molecule has 0 heterocycles. The second kappa shape index (κ2) is 8.69. The van der Waals surface area contributed by atoms with E-state index in [1.807, 2.05) is 12.1 Å². The average molecular weight is 346 g/mol. The van der Waals surface area contributed by atoms with Crippen molar-refractivity contribution in [1.82, 2.24) is 5.43 Å². The first-order valence-electron chi connectivity index (χ1n) is 7.09. The van der Waals surface area contributed by atoms with E-state index in [2.05, 4.69) is 15.8 Å². The number of para-hydroxylation sites is 1. The number of nitrogens with one attached hydrogen (secondary N) is 2. The summed E-state index contributed by atoms with van der Waals surface area (Å²) in [5.41, 5.74) is 3.54.